The number of nitrogens with two attached hydrogens (primary N) is 1. The lowest BCUT2D eigenvalue weighted by atomic mass is 9.74. The summed E-state index contributed by atoms with van der Waals surface area (Å²) in [7, 11) is 0. The van der Waals surface area contributed by atoms with E-state index in [0.717, 1.165) is 17.6 Å². The molecule has 3 N–H and O–H groups in total. The highest BCUT2D eigenvalue weighted by Gasteiger charge is 2.30. The summed E-state index contributed by atoms with van der Waals surface area (Å²) in [6, 6.07) is 8.83. The predicted octanol–water partition coefficient (Wildman–Crippen LogP) is 4.59. The first kappa shape index (κ1) is 16.3. The summed E-state index contributed by atoms with van der Waals surface area (Å²) in [4.78, 5) is 1.30. The van der Waals surface area contributed by atoms with Gasteiger partial charge in [-0.25, -0.2) is 0 Å². The van der Waals surface area contributed by atoms with Gasteiger partial charge in [0.25, 0.3) is 0 Å². The minimum absolute atomic E-state index is 0.414. The molecule has 1 aromatic carbocycles. The van der Waals surface area contributed by atoms with Crippen LogP contribution in [-0.4, -0.2) is 11.8 Å². The van der Waals surface area contributed by atoms with E-state index in [-0.39, 0.29) is 0 Å². The monoisotopic (exact) mass is 356 g/mol. The zero-order chi connectivity index (χ0) is 14.4. The summed E-state index contributed by atoms with van der Waals surface area (Å²) in [5.74, 6) is 8.46. The Hall–Kier alpha value is -0.0300. The molecule has 1 saturated carbocycles. The van der Waals surface area contributed by atoms with Crippen molar-refractivity contribution in [1.29, 1.82) is 0 Å². The van der Waals surface area contributed by atoms with Crippen LogP contribution in [0.3, 0.4) is 0 Å². The third-order valence-electron chi connectivity index (χ3n) is 4.48. The second kappa shape index (κ2) is 8.42. The molecule has 20 heavy (non-hydrogen) atoms. The van der Waals surface area contributed by atoms with Crippen LogP contribution in [0.25, 0.3) is 0 Å². The number of hydrazine groups is 1. The van der Waals surface area contributed by atoms with Crippen molar-refractivity contribution in [3.63, 3.8) is 0 Å². The van der Waals surface area contributed by atoms with Gasteiger partial charge in [-0.05, 0) is 46.3 Å². The molecule has 1 aromatic rings. The van der Waals surface area contributed by atoms with Gasteiger partial charge in [0.1, 0.15) is 0 Å². The summed E-state index contributed by atoms with van der Waals surface area (Å²) in [5.41, 5.74) is 3.09. The zero-order valence-corrected chi connectivity index (χ0v) is 14.6. The van der Waals surface area contributed by atoms with Crippen molar-refractivity contribution in [2.45, 2.75) is 50.0 Å². The Labute approximate surface area is 135 Å². The van der Waals surface area contributed by atoms with E-state index in [0.29, 0.717) is 6.04 Å². The largest absolute Gasteiger partial charge is 0.271 e. The lowest BCUT2D eigenvalue weighted by Crippen LogP contribution is -2.46. The Morgan fingerprint density at radius 2 is 2.10 bits per heavy atom. The van der Waals surface area contributed by atoms with Crippen molar-refractivity contribution in [3.8, 4) is 0 Å². The van der Waals surface area contributed by atoms with Gasteiger partial charge in [-0.1, -0.05) is 44.7 Å². The minimum atomic E-state index is 0.414. The maximum Gasteiger partial charge on any atom is 0.0335 e. The average molecular weight is 357 g/mol. The number of hydrogen-bond donors (Lipinski definition) is 2. The highest BCUT2D eigenvalue weighted by atomic mass is 79.9. The Balaban J connectivity index is 1.96. The predicted molar refractivity (Wildman–Crippen MR) is 91.7 cm³/mol. The topological polar surface area (TPSA) is 38.0 Å². The van der Waals surface area contributed by atoms with Crippen LogP contribution in [0.5, 0.6) is 0 Å². The Morgan fingerprint density at radius 1 is 1.35 bits per heavy atom. The molecule has 0 radical (unpaired) electrons. The number of halogens is 1. The van der Waals surface area contributed by atoms with Gasteiger partial charge >= 0.3 is 0 Å². The van der Waals surface area contributed by atoms with Crippen LogP contribution in [0, 0.1) is 11.8 Å². The van der Waals surface area contributed by atoms with Gasteiger partial charge in [0.15, 0.2) is 0 Å². The molecule has 112 valence electrons. The Bertz CT molecular complexity index is 413. The molecule has 3 unspecified atom stereocenters. The molecule has 3 atom stereocenters. The van der Waals surface area contributed by atoms with Crippen LogP contribution >= 0.6 is 27.7 Å². The lowest BCUT2D eigenvalue weighted by molar-refractivity contribution is 0.186. The molecule has 4 heteroatoms. The quantitative estimate of drug-likeness (QED) is 0.444. The van der Waals surface area contributed by atoms with Gasteiger partial charge in [-0.2, -0.15) is 0 Å². The molecule has 0 bridgehead atoms. The molecule has 1 fully saturated rings. The second-order valence-corrected chi connectivity index (χ2v) is 7.55. The van der Waals surface area contributed by atoms with Gasteiger partial charge in [-0.15, -0.1) is 11.8 Å². The Kier molecular flexibility index (Phi) is 6.88. The van der Waals surface area contributed by atoms with E-state index in [2.05, 4.69) is 52.5 Å². The van der Waals surface area contributed by atoms with Crippen molar-refractivity contribution < 1.29 is 0 Å². The first-order valence-electron chi connectivity index (χ1n) is 7.59. The third kappa shape index (κ3) is 4.23. The van der Waals surface area contributed by atoms with Gasteiger partial charge in [0, 0.05) is 21.2 Å². The summed E-state index contributed by atoms with van der Waals surface area (Å²) in [6.45, 7) is 2.32. The van der Waals surface area contributed by atoms with E-state index >= 15 is 0 Å². The fraction of sp³-hybridized carbons (Fsp3) is 0.625. The molecule has 0 aliphatic heterocycles. The van der Waals surface area contributed by atoms with Gasteiger partial charge in [0.2, 0.25) is 0 Å². The minimum Gasteiger partial charge on any atom is -0.271 e. The molecule has 0 amide bonds. The van der Waals surface area contributed by atoms with Gasteiger partial charge < -0.3 is 0 Å². The molecule has 0 spiro atoms. The molecule has 1 aliphatic carbocycles. The number of benzene rings is 1. The lowest BCUT2D eigenvalue weighted by Gasteiger charge is -2.36. The molecule has 0 heterocycles. The number of thioether (sulfide) groups is 1. The van der Waals surface area contributed by atoms with Crippen LogP contribution in [-0.2, 0) is 0 Å². The molecular formula is C16H25BrN2S. The first-order valence-corrected chi connectivity index (χ1v) is 9.37. The fourth-order valence-electron chi connectivity index (χ4n) is 3.31. The Morgan fingerprint density at radius 3 is 2.80 bits per heavy atom. The van der Waals surface area contributed by atoms with Crippen molar-refractivity contribution >= 4 is 27.7 Å². The van der Waals surface area contributed by atoms with E-state index in [1.807, 2.05) is 11.8 Å². The van der Waals surface area contributed by atoms with Crippen LogP contribution in [0.4, 0.5) is 0 Å². The van der Waals surface area contributed by atoms with Crippen LogP contribution in [0.1, 0.15) is 39.0 Å². The average Bonchev–Trinajstić information content (AvgIpc) is 2.50. The molecule has 2 nitrogen and oxygen atoms in total. The van der Waals surface area contributed by atoms with E-state index in [1.54, 1.807) is 0 Å². The van der Waals surface area contributed by atoms with Crippen molar-refractivity contribution in [2.75, 3.05) is 5.75 Å². The van der Waals surface area contributed by atoms with E-state index in [9.17, 15) is 0 Å². The standard InChI is InChI=1S/C16H25BrN2S/c1-2-12-7-3-4-8-13(12)15(19-18)11-20-16-10-6-5-9-14(16)17/h5-6,9-10,12-13,15,19H,2-4,7-8,11,18H2,1H3. The summed E-state index contributed by atoms with van der Waals surface area (Å²) >= 11 is 5.51. The molecular weight excluding hydrogens is 332 g/mol. The summed E-state index contributed by atoms with van der Waals surface area (Å²) in [6.07, 6.45) is 6.73. The summed E-state index contributed by atoms with van der Waals surface area (Å²) < 4.78 is 1.18. The third-order valence-corrected chi connectivity index (χ3v) is 6.62. The number of rotatable bonds is 6. The molecule has 0 aromatic heterocycles. The molecule has 0 saturated heterocycles. The second-order valence-electron chi connectivity index (χ2n) is 5.63. The van der Waals surface area contributed by atoms with Crippen LogP contribution < -0.4 is 11.3 Å². The SMILES string of the molecule is CCC1CCCCC1C(CSc1ccccc1Br)NN. The number of nitrogens with one attached hydrogen (secondary N) is 1. The zero-order valence-electron chi connectivity index (χ0n) is 12.1. The van der Waals surface area contributed by atoms with E-state index < -0.39 is 0 Å². The smallest absolute Gasteiger partial charge is 0.0335 e. The van der Waals surface area contributed by atoms with E-state index in [1.165, 1.54) is 41.5 Å². The van der Waals surface area contributed by atoms with Gasteiger partial charge in [-0.3, -0.25) is 11.3 Å². The van der Waals surface area contributed by atoms with E-state index in [4.69, 9.17) is 5.84 Å². The maximum absolute atomic E-state index is 5.85. The van der Waals surface area contributed by atoms with Crippen LogP contribution in [0.2, 0.25) is 0 Å². The molecule has 1 aliphatic rings. The van der Waals surface area contributed by atoms with Crippen molar-refractivity contribution in [2.24, 2.45) is 17.7 Å². The maximum atomic E-state index is 5.85. The summed E-state index contributed by atoms with van der Waals surface area (Å²) in [5, 5.41) is 0. The van der Waals surface area contributed by atoms with Crippen molar-refractivity contribution in [1.82, 2.24) is 5.43 Å². The first-order chi connectivity index (χ1) is 9.76. The fourth-order valence-corrected chi connectivity index (χ4v) is 5.02. The molecule has 2 rings (SSSR count). The van der Waals surface area contributed by atoms with Crippen molar-refractivity contribution in [3.05, 3.63) is 28.7 Å². The van der Waals surface area contributed by atoms with Crippen LogP contribution in [0.15, 0.2) is 33.6 Å². The normalized spacial score (nSPS) is 24.6. The highest BCUT2D eigenvalue weighted by molar-refractivity contribution is 9.10. The van der Waals surface area contributed by atoms with Gasteiger partial charge in [0.05, 0.1) is 0 Å². The number of hydrogen-bond acceptors (Lipinski definition) is 3. The highest BCUT2D eigenvalue weighted by Crippen LogP contribution is 2.36.